The molecular formula is C24H16Cl2N6O2. The molecule has 0 aliphatic rings. The number of amides is 1. The van der Waals surface area contributed by atoms with Gasteiger partial charge in [0, 0.05) is 39.9 Å². The summed E-state index contributed by atoms with van der Waals surface area (Å²) in [7, 11) is 0. The third-order valence-electron chi connectivity index (χ3n) is 5.06. The number of imidazole rings is 1. The van der Waals surface area contributed by atoms with Crippen LogP contribution in [0.2, 0.25) is 10.0 Å². The third kappa shape index (κ3) is 4.41. The Balaban J connectivity index is 1.56. The molecule has 3 aromatic heterocycles. The monoisotopic (exact) mass is 490 g/mol. The van der Waals surface area contributed by atoms with Crippen molar-refractivity contribution >= 4 is 46.0 Å². The van der Waals surface area contributed by atoms with Crippen LogP contribution >= 0.6 is 23.2 Å². The summed E-state index contributed by atoms with van der Waals surface area (Å²) in [6.45, 7) is 0.260. The summed E-state index contributed by atoms with van der Waals surface area (Å²) in [4.78, 5) is 39.1. The maximum Gasteiger partial charge on any atom is 0.280 e. The van der Waals surface area contributed by atoms with Gasteiger partial charge in [0.15, 0.2) is 5.65 Å². The van der Waals surface area contributed by atoms with E-state index in [0.717, 1.165) is 0 Å². The number of hydrogen-bond acceptors (Lipinski definition) is 5. The largest absolute Gasteiger partial charge is 0.331 e. The molecular weight excluding hydrogens is 475 g/mol. The smallest absolute Gasteiger partial charge is 0.280 e. The first-order valence-corrected chi connectivity index (χ1v) is 10.9. The maximum atomic E-state index is 13.4. The number of hydrogen-bond donors (Lipinski definition) is 1. The molecule has 5 aromatic rings. The molecule has 8 nitrogen and oxygen atoms in total. The number of pyridine rings is 1. The minimum absolute atomic E-state index is 0.260. The van der Waals surface area contributed by atoms with Gasteiger partial charge in [0.1, 0.15) is 11.2 Å². The molecule has 0 spiro atoms. The molecule has 3 heterocycles. The van der Waals surface area contributed by atoms with Gasteiger partial charge < -0.3 is 9.88 Å². The van der Waals surface area contributed by atoms with Crippen molar-refractivity contribution in [3.63, 3.8) is 0 Å². The van der Waals surface area contributed by atoms with Crippen molar-refractivity contribution in [1.29, 1.82) is 0 Å². The highest BCUT2D eigenvalue weighted by atomic mass is 35.5. The number of halogens is 2. The second-order valence-electron chi connectivity index (χ2n) is 7.44. The van der Waals surface area contributed by atoms with Crippen LogP contribution in [0.5, 0.6) is 0 Å². The van der Waals surface area contributed by atoms with E-state index in [1.807, 2.05) is 0 Å². The molecule has 0 fully saturated rings. The van der Waals surface area contributed by atoms with Crippen molar-refractivity contribution in [2.75, 3.05) is 5.32 Å². The van der Waals surface area contributed by atoms with Crippen LogP contribution in [0.1, 0.15) is 16.1 Å². The van der Waals surface area contributed by atoms with Gasteiger partial charge in [0.2, 0.25) is 0 Å². The molecule has 0 saturated carbocycles. The van der Waals surface area contributed by atoms with E-state index >= 15 is 0 Å². The lowest BCUT2D eigenvalue weighted by Gasteiger charge is -2.13. The molecule has 34 heavy (non-hydrogen) atoms. The molecule has 0 saturated heterocycles. The normalized spacial score (nSPS) is 11.0. The fourth-order valence-corrected chi connectivity index (χ4v) is 4.10. The first kappa shape index (κ1) is 21.8. The fraction of sp³-hybridized carbons (Fsp3) is 0.0417. The molecule has 10 heteroatoms. The fourth-order valence-electron chi connectivity index (χ4n) is 3.57. The van der Waals surface area contributed by atoms with Gasteiger partial charge in [-0.25, -0.2) is 15.0 Å². The summed E-state index contributed by atoms with van der Waals surface area (Å²) in [6.07, 6.45) is 6.62. The Labute approximate surface area is 203 Å². The zero-order valence-corrected chi connectivity index (χ0v) is 19.0. The highest BCUT2D eigenvalue weighted by Crippen LogP contribution is 2.22. The van der Waals surface area contributed by atoms with E-state index in [4.69, 9.17) is 23.2 Å². The van der Waals surface area contributed by atoms with Crippen LogP contribution in [0, 0.1) is 0 Å². The second kappa shape index (κ2) is 9.09. The van der Waals surface area contributed by atoms with Crippen molar-refractivity contribution in [1.82, 2.24) is 24.1 Å². The number of fused-ring (bicyclic) bond motifs is 1. The maximum absolute atomic E-state index is 13.4. The average molecular weight is 491 g/mol. The number of nitrogens with one attached hydrogen (secondary N) is 1. The van der Waals surface area contributed by atoms with Crippen molar-refractivity contribution in [2.24, 2.45) is 0 Å². The van der Waals surface area contributed by atoms with Crippen molar-refractivity contribution in [3.8, 4) is 5.69 Å². The van der Waals surface area contributed by atoms with E-state index in [9.17, 15) is 9.59 Å². The number of rotatable bonds is 5. The summed E-state index contributed by atoms with van der Waals surface area (Å²) >= 11 is 12.0. The number of carbonyl (C=O) groups is 1. The van der Waals surface area contributed by atoms with Gasteiger partial charge >= 0.3 is 0 Å². The lowest BCUT2D eigenvalue weighted by Crippen LogP contribution is -2.26. The van der Waals surface area contributed by atoms with Gasteiger partial charge in [-0.2, -0.15) is 0 Å². The molecule has 0 aliphatic carbocycles. The van der Waals surface area contributed by atoms with Crippen molar-refractivity contribution < 1.29 is 4.79 Å². The molecule has 1 N–H and O–H groups in total. The Morgan fingerprint density at radius 2 is 1.82 bits per heavy atom. The van der Waals surface area contributed by atoms with Crippen molar-refractivity contribution in [3.05, 3.63) is 111 Å². The summed E-state index contributed by atoms with van der Waals surface area (Å²) in [5.41, 5.74) is 2.34. The van der Waals surface area contributed by atoms with Gasteiger partial charge in [-0.05, 0) is 48.5 Å². The van der Waals surface area contributed by atoms with Crippen LogP contribution in [-0.2, 0) is 6.54 Å². The topological polar surface area (TPSA) is 94.7 Å². The van der Waals surface area contributed by atoms with E-state index in [2.05, 4.69) is 20.3 Å². The summed E-state index contributed by atoms with van der Waals surface area (Å²) < 4.78 is 3.25. The number of aromatic nitrogens is 5. The minimum atomic E-state index is -0.382. The van der Waals surface area contributed by atoms with Crippen LogP contribution in [0.4, 0.5) is 5.69 Å². The molecule has 0 atom stereocenters. The Morgan fingerprint density at radius 1 is 1.00 bits per heavy atom. The number of carbonyl (C=O) groups excluding carboxylic acids is 1. The van der Waals surface area contributed by atoms with E-state index in [-0.39, 0.29) is 18.0 Å². The lowest BCUT2D eigenvalue weighted by molar-refractivity contribution is 0.102. The van der Waals surface area contributed by atoms with Crippen LogP contribution < -0.4 is 10.9 Å². The summed E-state index contributed by atoms with van der Waals surface area (Å²) in [5, 5.41) is 3.54. The lowest BCUT2D eigenvalue weighted by atomic mass is 10.2. The SMILES string of the molecule is O=C(Nc1cccc(-n2c(=O)c(Cn3ccnc3)nc3cccnc32)c1)c1cc(Cl)cc(Cl)c1. The number of benzene rings is 2. The van der Waals surface area contributed by atoms with Crippen LogP contribution in [0.25, 0.3) is 16.9 Å². The average Bonchev–Trinajstić information content (AvgIpc) is 3.32. The predicted octanol–water partition coefficient (Wildman–Crippen LogP) is 4.58. The molecule has 0 aliphatic heterocycles. The van der Waals surface area contributed by atoms with Crippen LogP contribution in [-0.4, -0.2) is 30.0 Å². The van der Waals surface area contributed by atoms with Gasteiger partial charge in [-0.15, -0.1) is 0 Å². The van der Waals surface area contributed by atoms with Gasteiger partial charge in [0.25, 0.3) is 11.5 Å². The molecule has 5 rings (SSSR count). The highest BCUT2D eigenvalue weighted by molar-refractivity contribution is 6.35. The second-order valence-corrected chi connectivity index (χ2v) is 8.32. The van der Waals surface area contributed by atoms with Crippen LogP contribution in [0.3, 0.4) is 0 Å². The van der Waals surface area contributed by atoms with Crippen molar-refractivity contribution in [2.45, 2.75) is 6.54 Å². The van der Waals surface area contributed by atoms with Gasteiger partial charge in [0.05, 0.1) is 18.6 Å². The molecule has 1 amide bonds. The standard InChI is InChI=1S/C24H16Cl2N6O2/c25-16-9-15(10-17(26)11-16)23(33)29-18-3-1-4-19(12-18)32-22-20(5-2-6-28-22)30-21(24(32)34)13-31-8-7-27-14-31/h1-12,14H,13H2,(H,29,33). The molecule has 168 valence electrons. The van der Waals surface area contributed by atoms with Gasteiger partial charge in [-0.3, -0.25) is 14.2 Å². The Bertz CT molecular complexity index is 1560. The highest BCUT2D eigenvalue weighted by Gasteiger charge is 2.15. The Hall–Kier alpha value is -4.01. The minimum Gasteiger partial charge on any atom is -0.331 e. The van der Waals surface area contributed by atoms with E-state index in [1.54, 1.807) is 71.9 Å². The zero-order chi connectivity index (χ0) is 23.7. The van der Waals surface area contributed by atoms with Gasteiger partial charge in [-0.1, -0.05) is 29.3 Å². The molecule has 0 radical (unpaired) electrons. The number of nitrogens with zero attached hydrogens (tertiary/aromatic N) is 5. The first-order chi connectivity index (χ1) is 16.5. The van der Waals surface area contributed by atoms with E-state index in [0.29, 0.717) is 43.8 Å². The first-order valence-electron chi connectivity index (χ1n) is 10.2. The Morgan fingerprint density at radius 3 is 2.59 bits per heavy atom. The Kier molecular flexibility index (Phi) is 5.83. The third-order valence-corrected chi connectivity index (χ3v) is 5.50. The van der Waals surface area contributed by atoms with E-state index < -0.39 is 0 Å². The number of anilines is 1. The quantitative estimate of drug-likeness (QED) is 0.388. The summed E-state index contributed by atoms with van der Waals surface area (Å²) in [5.74, 6) is -0.382. The summed E-state index contributed by atoms with van der Waals surface area (Å²) in [6, 6.07) is 15.1. The molecule has 2 aromatic carbocycles. The molecule has 0 unspecified atom stereocenters. The molecule has 0 bridgehead atoms. The predicted molar refractivity (Wildman–Crippen MR) is 131 cm³/mol. The van der Waals surface area contributed by atoms with Crippen LogP contribution in [0.15, 0.2) is 84.3 Å². The van der Waals surface area contributed by atoms with E-state index in [1.165, 1.54) is 16.7 Å². The zero-order valence-electron chi connectivity index (χ0n) is 17.5.